The van der Waals surface area contributed by atoms with Crippen LogP contribution in [0, 0.1) is 44.3 Å². The molecule has 5 rings (SSSR count). The van der Waals surface area contributed by atoms with Crippen LogP contribution in [0.1, 0.15) is 107 Å². The molecule has 0 bridgehead atoms. The molecule has 0 amide bonds. The van der Waals surface area contributed by atoms with Gasteiger partial charge in [0.05, 0.1) is 12.2 Å². The van der Waals surface area contributed by atoms with Crippen LogP contribution >= 0.6 is 0 Å². The SMILES string of the molecule is CC1(C)CC[C@]2(C)CC[C@]3(C)C(=CC=C4[C@@]5(C)[C@H](O)C[C@H](O)C(C)(C)[C@@H]5CC[C@]43C)[C@@H]2C1. The van der Waals surface area contributed by atoms with E-state index in [1.54, 1.807) is 5.57 Å². The van der Waals surface area contributed by atoms with Gasteiger partial charge in [0, 0.05) is 11.8 Å². The Kier molecular flexibility index (Phi) is 4.73. The molecule has 0 aromatic heterocycles. The first-order chi connectivity index (χ1) is 14.6. The first kappa shape index (κ1) is 23.2. The zero-order valence-electron chi connectivity index (χ0n) is 22.0. The van der Waals surface area contributed by atoms with E-state index in [1.165, 1.54) is 44.1 Å². The van der Waals surface area contributed by atoms with Crippen molar-refractivity contribution in [2.45, 2.75) is 119 Å². The van der Waals surface area contributed by atoms with Gasteiger partial charge in [-0.05, 0) is 83.9 Å². The quantitative estimate of drug-likeness (QED) is 0.423. The molecule has 8 atom stereocenters. The summed E-state index contributed by atoms with van der Waals surface area (Å²) in [5, 5.41) is 22.3. The van der Waals surface area contributed by atoms with Crippen molar-refractivity contribution in [3.05, 3.63) is 23.3 Å². The van der Waals surface area contributed by atoms with Gasteiger partial charge < -0.3 is 10.2 Å². The Bertz CT molecular complexity index is 879. The number of hydrogen-bond donors (Lipinski definition) is 2. The summed E-state index contributed by atoms with van der Waals surface area (Å²) in [6.45, 7) is 19.4. The maximum Gasteiger partial charge on any atom is 0.0658 e. The lowest BCUT2D eigenvalue weighted by atomic mass is 9.36. The monoisotopic (exact) mass is 440 g/mol. The third-order valence-electron chi connectivity index (χ3n) is 12.6. The Hall–Kier alpha value is -0.600. The van der Waals surface area contributed by atoms with Crippen molar-refractivity contribution in [1.29, 1.82) is 0 Å². The Morgan fingerprint density at radius 3 is 2.09 bits per heavy atom. The minimum atomic E-state index is -0.470. The summed E-state index contributed by atoms with van der Waals surface area (Å²) in [5.74, 6) is 0.994. The Labute approximate surface area is 197 Å². The molecule has 0 unspecified atom stereocenters. The number of fused-ring (bicyclic) bond motifs is 7. The number of aliphatic hydroxyl groups excluding tert-OH is 2. The van der Waals surface area contributed by atoms with Crippen LogP contribution in [0.5, 0.6) is 0 Å². The van der Waals surface area contributed by atoms with Crippen LogP contribution in [0.2, 0.25) is 0 Å². The van der Waals surface area contributed by atoms with Crippen molar-refractivity contribution >= 4 is 0 Å². The van der Waals surface area contributed by atoms with E-state index in [1.807, 2.05) is 0 Å². The summed E-state index contributed by atoms with van der Waals surface area (Å²) >= 11 is 0. The van der Waals surface area contributed by atoms with Gasteiger partial charge in [-0.1, -0.05) is 78.7 Å². The molecule has 5 aliphatic carbocycles. The molecule has 0 aliphatic heterocycles. The van der Waals surface area contributed by atoms with Crippen molar-refractivity contribution in [3.8, 4) is 0 Å². The topological polar surface area (TPSA) is 40.5 Å². The zero-order chi connectivity index (χ0) is 23.5. The van der Waals surface area contributed by atoms with Crippen LogP contribution in [0.3, 0.4) is 0 Å². The van der Waals surface area contributed by atoms with Gasteiger partial charge in [-0.15, -0.1) is 0 Å². The van der Waals surface area contributed by atoms with Gasteiger partial charge >= 0.3 is 0 Å². The molecule has 4 saturated carbocycles. The molecule has 0 radical (unpaired) electrons. The molecule has 0 saturated heterocycles. The summed E-state index contributed by atoms with van der Waals surface area (Å²) in [6, 6.07) is 0. The van der Waals surface area contributed by atoms with E-state index in [0.717, 1.165) is 6.42 Å². The molecule has 2 N–H and O–H groups in total. The highest BCUT2D eigenvalue weighted by atomic mass is 16.3. The van der Waals surface area contributed by atoms with Gasteiger partial charge in [0.2, 0.25) is 0 Å². The molecular formula is C30H48O2. The van der Waals surface area contributed by atoms with Gasteiger partial charge in [0.25, 0.3) is 0 Å². The molecule has 0 heterocycles. The summed E-state index contributed by atoms with van der Waals surface area (Å²) in [6.07, 6.45) is 13.5. The van der Waals surface area contributed by atoms with Crippen LogP contribution < -0.4 is 0 Å². The molecule has 0 spiro atoms. The third-order valence-corrected chi connectivity index (χ3v) is 12.6. The average Bonchev–Trinajstić information content (AvgIpc) is 2.68. The van der Waals surface area contributed by atoms with Crippen molar-refractivity contribution < 1.29 is 10.2 Å². The highest BCUT2D eigenvalue weighted by molar-refractivity contribution is 5.46. The second-order valence-corrected chi connectivity index (χ2v) is 14.9. The van der Waals surface area contributed by atoms with Gasteiger partial charge in [0.1, 0.15) is 0 Å². The lowest BCUT2D eigenvalue weighted by Crippen LogP contribution is -2.64. The van der Waals surface area contributed by atoms with Crippen LogP contribution in [0.4, 0.5) is 0 Å². The zero-order valence-corrected chi connectivity index (χ0v) is 22.0. The summed E-state index contributed by atoms with van der Waals surface area (Å²) in [4.78, 5) is 0. The van der Waals surface area contributed by atoms with Crippen LogP contribution in [-0.2, 0) is 0 Å². The largest absolute Gasteiger partial charge is 0.392 e. The Balaban J connectivity index is 1.65. The van der Waals surface area contributed by atoms with Crippen molar-refractivity contribution in [3.63, 3.8) is 0 Å². The maximum atomic E-state index is 11.5. The van der Waals surface area contributed by atoms with E-state index in [4.69, 9.17) is 0 Å². The first-order valence-corrected chi connectivity index (χ1v) is 13.4. The van der Waals surface area contributed by atoms with E-state index in [0.29, 0.717) is 29.1 Å². The molecule has 2 nitrogen and oxygen atoms in total. The summed E-state index contributed by atoms with van der Waals surface area (Å²) in [5.41, 5.74) is 3.91. The summed E-state index contributed by atoms with van der Waals surface area (Å²) < 4.78 is 0. The fourth-order valence-electron chi connectivity index (χ4n) is 9.75. The van der Waals surface area contributed by atoms with Crippen molar-refractivity contribution in [1.82, 2.24) is 0 Å². The smallest absolute Gasteiger partial charge is 0.0658 e. The van der Waals surface area contributed by atoms with Gasteiger partial charge in [-0.25, -0.2) is 0 Å². The molecule has 32 heavy (non-hydrogen) atoms. The number of aliphatic hydroxyl groups is 2. The van der Waals surface area contributed by atoms with Crippen LogP contribution in [0.15, 0.2) is 23.3 Å². The number of rotatable bonds is 0. The minimum Gasteiger partial charge on any atom is -0.392 e. The minimum absolute atomic E-state index is 0.0879. The third kappa shape index (κ3) is 2.66. The molecule has 180 valence electrons. The van der Waals surface area contributed by atoms with Crippen LogP contribution in [0.25, 0.3) is 0 Å². The lowest BCUT2D eigenvalue weighted by Gasteiger charge is -2.69. The fraction of sp³-hybridized carbons (Fsp3) is 0.867. The Morgan fingerprint density at radius 1 is 0.750 bits per heavy atom. The first-order valence-electron chi connectivity index (χ1n) is 13.4. The van der Waals surface area contributed by atoms with E-state index in [-0.39, 0.29) is 21.7 Å². The van der Waals surface area contributed by atoms with Gasteiger partial charge in [-0.3, -0.25) is 0 Å². The van der Waals surface area contributed by atoms with E-state index >= 15 is 0 Å². The maximum absolute atomic E-state index is 11.5. The molecular weight excluding hydrogens is 392 g/mol. The molecule has 0 aromatic carbocycles. The predicted octanol–water partition coefficient (Wildman–Crippen LogP) is 7.06. The van der Waals surface area contributed by atoms with Crippen LogP contribution in [-0.4, -0.2) is 22.4 Å². The van der Waals surface area contributed by atoms with Crippen molar-refractivity contribution in [2.24, 2.45) is 44.3 Å². The van der Waals surface area contributed by atoms with E-state index in [9.17, 15) is 10.2 Å². The molecule has 5 aliphatic rings. The number of allylic oxidation sites excluding steroid dienone is 3. The van der Waals surface area contributed by atoms with Gasteiger partial charge in [-0.2, -0.15) is 0 Å². The molecule has 4 fully saturated rings. The lowest BCUT2D eigenvalue weighted by molar-refractivity contribution is -0.175. The molecule has 2 heteroatoms. The Morgan fingerprint density at radius 2 is 1.41 bits per heavy atom. The second-order valence-electron chi connectivity index (χ2n) is 14.9. The highest BCUT2D eigenvalue weighted by Gasteiger charge is 2.67. The normalized spacial score (nSPS) is 53.7. The van der Waals surface area contributed by atoms with Gasteiger partial charge in [0.15, 0.2) is 0 Å². The molecule has 0 aromatic rings. The average molecular weight is 441 g/mol. The summed E-state index contributed by atoms with van der Waals surface area (Å²) in [7, 11) is 0. The highest BCUT2D eigenvalue weighted by Crippen LogP contribution is 2.74. The fourth-order valence-corrected chi connectivity index (χ4v) is 9.75. The van der Waals surface area contributed by atoms with Crippen molar-refractivity contribution in [2.75, 3.05) is 0 Å². The second kappa shape index (κ2) is 6.54. The predicted molar refractivity (Wildman–Crippen MR) is 132 cm³/mol. The van der Waals surface area contributed by atoms with E-state index in [2.05, 4.69) is 67.5 Å². The van der Waals surface area contributed by atoms with E-state index < -0.39 is 12.2 Å². The number of hydrogen-bond acceptors (Lipinski definition) is 2. The standard InChI is InChI=1S/C30H48O2/c1-25(2)13-14-27(5)15-16-28(6)19(20(27)18-25)9-10-22-29(28,7)12-11-21-26(3,4)23(31)17-24(32)30(21,22)8/h9-10,20-21,23-24,31-32H,11-18H2,1-8H3/t20-,21-,23-,24+,27+,28+,29+,30-/m0/s1.